The van der Waals surface area contributed by atoms with E-state index in [0.717, 1.165) is 12.0 Å². The van der Waals surface area contributed by atoms with Crippen LogP contribution in [0.2, 0.25) is 0 Å². The van der Waals surface area contributed by atoms with E-state index in [0.29, 0.717) is 32.7 Å². The zero-order chi connectivity index (χ0) is 26.7. The predicted octanol–water partition coefficient (Wildman–Crippen LogP) is 3.23. The lowest BCUT2D eigenvalue weighted by Gasteiger charge is -2.50. The van der Waals surface area contributed by atoms with Gasteiger partial charge in [-0.2, -0.15) is 0 Å². The fraction of sp³-hybridized carbons (Fsp3) is 0.613. The van der Waals surface area contributed by atoms with Crippen LogP contribution in [0.15, 0.2) is 66.8 Å². The lowest BCUT2D eigenvalue weighted by Crippen LogP contribution is -2.64. The van der Waals surface area contributed by atoms with Crippen molar-refractivity contribution in [3.63, 3.8) is 0 Å². The molecule has 40 heavy (non-hydrogen) atoms. The molecule has 6 aliphatic heterocycles. The first-order valence-electron chi connectivity index (χ1n) is 14.5. The molecule has 0 amide bonds. The lowest BCUT2D eigenvalue weighted by molar-refractivity contribution is -0.296. The SMILES string of the molecule is C1=CC[C@@H]2O[C@@H]3C[C@@H]4O[C@@H]5C/C=C\[C@@H]6OCOCOC[C@H]6O[C@H]5C=C[C@H]4O[C@H]3[C@H](OCc3ccccc3)[C@H]2OC1. The molecule has 0 unspecified atom stereocenters. The highest BCUT2D eigenvalue weighted by atomic mass is 16.7. The van der Waals surface area contributed by atoms with E-state index < -0.39 is 0 Å². The van der Waals surface area contributed by atoms with Gasteiger partial charge in [-0.1, -0.05) is 66.8 Å². The maximum atomic E-state index is 6.78. The van der Waals surface area contributed by atoms with Crippen molar-refractivity contribution in [1.82, 2.24) is 0 Å². The van der Waals surface area contributed by atoms with Crippen molar-refractivity contribution < 1.29 is 42.6 Å². The van der Waals surface area contributed by atoms with Crippen LogP contribution in [0.25, 0.3) is 0 Å². The zero-order valence-electron chi connectivity index (χ0n) is 22.5. The smallest absolute Gasteiger partial charge is 0.150 e. The summed E-state index contributed by atoms with van der Waals surface area (Å²) in [6.45, 7) is 1.77. The van der Waals surface area contributed by atoms with Gasteiger partial charge in [0.1, 0.15) is 49.5 Å². The lowest BCUT2D eigenvalue weighted by atomic mass is 9.87. The standard InChI is InChI=1S/C31H38O9/c1-2-7-20(8-3-1)16-35-31-29-25(9-4-5-14-34-29)39-27-15-26-24(40-30(27)31)13-12-23-22(37-26)11-6-10-21-28(38-23)17-32-18-33-19-36-21/h1-8,10,12-13,21-31H,9,11,14-19H2/b10-6-/t21-,22+,23-,24+,25-,26-,27+,28+,29-,30+,31+/m0/s1. The Morgan fingerprint density at radius 1 is 0.650 bits per heavy atom. The van der Waals surface area contributed by atoms with Gasteiger partial charge in [-0.15, -0.1) is 0 Å². The molecule has 1 aromatic carbocycles. The largest absolute Gasteiger partial charge is 0.369 e. The van der Waals surface area contributed by atoms with Gasteiger partial charge >= 0.3 is 0 Å². The summed E-state index contributed by atoms with van der Waals surface area (Å²) in [7, 11) is 0. The van der Waals surface area contributed by atoms with Crippen LogP contribution in [0.1, 0.15) is 24.8 Å². The minimum Gasteiger partial charge on any atom is -0.369 e. The first-order valence-corrected chi connectivity index (χ1v) is 14.5. The molecular weight excluding hydrogens is 516 g/mol. The fourth-order valence-corrected chi connectivity index (χ4v) is 6.49. The van der Waals surface area contributed by atoms with Gasteiger partial charge < -0.3 is 42.6 Å². The van der Waals surface area contributed by atoms with Gasteiger partial charge in [0.2, 0.25) is 0 Å². The topological polar surface area (TPSA) is 83.1 Å². The summed E-state index contributed by atoms with van der Waals surface area (Å²) < 4.78 is 56.3. The quantitative estimate of drug-likeness (QED) is 0.523. The monoisotopic (exact) mass is 554 g/mol. The molecule has 0 spiro atoms. The van der Waals surface area contributed by atoms with Crippen LogP contribution in [0.3, 0.4) is 0 Å². The number of rotatable bonds is 3. The Hall–Kier alpha value is -1.92. The number of benzene rings is 1. The molecule has 11 atom stereocenters. The van der Waals surface area contributed by atoms with Gasteiger partial charge in [-0.25, -0.2) is 0 Å². The average molecular weight is 555 g/mol. The van der Waals surface area contributed by atoms with Gasteiger partial charge in [0.25, 0.3) is 0 Å². The maximum Gasteiger partial charge on any atom is 0.150 e. The van der Waals surface area contributed by atoms with Gasteiger partial charge in [0, 0.05) is 6.42 Å². The molecule has 9 heteroatoms. The Kier molecular flexibility index (Phi) is 8.44. The molecule has 3 saturated heterocycles. The third kappa shape index (κ3) is 5.86. The second-order valence-electron chi connectivity index (χ2n) is 11.1. The maximum absolute atomic E-state index is 6.78. The van der Waals surface area contributed by atoms with Crippen LogP contribution in [0, 0.1) is 0 Å². The van der Waals surface area contributed by atoms with E-state index in [9.17, 15) is 0 Å². The molecule has 9 nitrogen and oxygen atoms in total. The second kappa shape index (κ2) is 12.5. The summed E-state index contributed by atoms with van der Waals surface area (Å²) in [5.74, 6) is 0. The Labute approximate surface area is 234 Å². The molecule has 1 aromatic rings. The summed E-state index contributed by atoms with van der Waals surface area (Å²) in [6.07, 6.45) is 12.4. The highest BCUT2D eigenvalue weighted by Gasteiger charge is 2.53. The number of hydrogen-bond donors (Lipinski definition) is 0. The van der Waals surface area contributed by atoms with Crippen molar-refractivity contribution in [3.8, 4) is 0 Å². The van der Waals surface area contributed by atoms with Crippen LogP contribution in [-0.4, -0.2) is 93.9 Å². The minimum absolute atomic E-state index is 0.0946. The highest BCUT2D eigenvalue weighted by molar-refractivity contribution is 5.15. The summed E-state index contributed by atoms with van der Waals surface area (Å²) in [4.78, 5) is 0. The summed E-state index contributed by atoms with van der Waals surface area (Å²) >= 11 is 0. The van der Waals surface area contributed by atoms with E-state index in [1.807, 2.05) is 24.3 Å². The van der Waals surface area contributed by atoms with Gasteiger partial charge in [-0.3, -0.25) is 0 Å². The first kappa shape index (κ1) is 26.9. The van der Waals surface area contributed by atoms with Crippen LogP contribution < -0.4 is 0 Å². The Balaban J connectivity index is 1.10. The molecule has 6 heterocycles. The predicted molar refractivity (Wildman–Crippen MR) is 142 cm³/mol. The minimum atomic E-state index is -0.277. The van der Waals surface area contributed by atoms with Crippen molar-refractivity contribution in [2.45, 2.75) is 93.0 Å². The van der Waals surface area contributed by atoms with Crippen molar-refractivity contribution in [1.29, 1.82) is 0 Å². The van der Waals surface area contributed by atoms with Crippen LogP contribution >= 0.6 is 0 Å². The Morgan fingerprint density at radius 3 is 2.42 bits per heavy atom. The number of hydrogen-bond acceptors (Lipinski definition) is 9. The van der Waals surface area contributed by atoms with Crippen molar-refractivity contribution in [3.05, 3.63) is 72.4 Å². The van der Waals surface area contributed by atoms with Crippen LogP contribution in [0.5, 0.6) is 0 Å². The summed E-state index contributed by atoms with van der Waals surface area (Å²) in [6, 6.07) is 10.2. The van der Waals surface area contributed by atoms with Crippen molar-refractivity contribution >= 4 is 0 Å². The van der Waals surface area contributed by atoms with E-state index in [1.165, 1.54) is 0 Å². The van der Waals surface area contributed by atoms with Crippen molar-refractivity contribution in [2.75, 3.05) is 26.8 Å². The summed E-state index contributed by atoms with van der Waals surface area (Å²) in [5.41, 5.74) is 1.12. The summed E-state index contributed by atoms with van der Waals surface area (Å²) in [5, 5.41) is 0. The number of fused-ring (bicyclic) bond motifs is 5. The fourth-order valence-electron chi connectivity index (χ4n) is 6.49. The third-order valence-electron chi connectivity index (χ3n) is 8.47. The Morgan fingerprint density at radius 2 is 1.50 bits per heavy atom. The normalized spacial score (nSPS) is 44.0. The van der Waals surface area contributed by atoms with Gasteiger partial charge in [0.05, 0.1) is 44.2 Å². The second-order valence-corrected chi connectivity index (χ2v) is 11.1. The molecule has 0 saturated carbocycles. The molecule has 0 N–H and O–H groups in total. The molecule has 0 radical (unpaired) electrons. The molecule has 7 rings (SSSR count). The number of ether oxygens (including phenoxy) is 9. The van der Waals surface area contributed by atoms with Crippen LogP contribution in [-0.2, 0) is 49.2 Å². The van der Waals surface area contributed by atoms with Crippen molar-refractivity contribution in [2.24, 2.45) is 0 Å². The Bertz CT molecular complexity index is 1060. The van der Waals surface area contributed by atoms with E-state index in [-0.39, 0.29) is 80.7 Å². The van der Waals surface area contributed by atoms with E-state index in [4.69, 9.17) is 42.6 Å². The van der Waals surface area contributed by atoms with Gasteiger partial charge in [0.15, 0.2) is 6.79 Å². The van der Waals surface area contributed by atoms with Crippen LogP contribution in [0.4, 0.5) is 0 Å². The van der Waals surface area contributed by atoms with E-state index in [1.54, 1.807) is 0 Å². The molecule has 3 fully saturated rings. The average Bonchev–Trinajstić information content (AvgIpc) is 3.29. The molecular formula is C31H38O9. The first-order chi connectivity index (χ1) is 19.8. The molecule has 0 aliphatic carbocycles. The highest BCUT2D eigenvalue weighted by Crippen LogP contribution is 2.40. The third-order valence-corrected chi connectivity index (χ3v) is 8.47. The van der Waals surface area contributed by atoms with Gasteiger partial charge in [-0.05, 0) is 18.4 Å². The molecule has 216 valence electrons. The molecule has 0 aromatic heterocycles. The zero-order valence-corrected chi connectivity index (χ0v) is 22.5. The van der Waals surface area contributed by atoms with E-state index >= 15 is 0 Å². The molecule has 6 aliphatic rings. The molecule has 0 bridgehead atoms. The van der Waals surface area contributed by atoms with E-state index in [2.05, 4.69) is 42.5 Å².